The van der Waals surface area contributed by atoms with Gasteiger partial charge in [-0.2, -0.15) is 0 Å². The van der Waals surface area contributed by atoms with E-state index in [1.54, 1.807) is 36.4 Å². The molecule has 0 unspecified atom stereocenters. The zero-order valence-electron chi connectivity index (χ0n) is 18.4. The third kappa shape index (κ3) is 4.93. The molecule has 9 heteroatoms. The number of nitrogens with zero attached hydrogens (tertiary/aromatic N) is 1. The molecular weight excluding hydrogens is 476 g/mol. The molecule has 0 saturated heterocycles. The lowest BCUT2D eigenvalue weighted by molar-refractivity contribution is -0.124. The fourth-order valence-corrected chi connectivity index (χ4v) is 5.84. The van der Waals surface area contributed by atoms with Crippen molar-refractivity contribution in [2.75, 3.05) is 10.9 Å². The molecule has 1 aliphatic rings. The van der Waals surface area contributed by atoms with E-state index in [9.17, 15) is 18.0 Å². The zero-order chi connectivity index (χ0) is 24.3. The quantitative estimate of drug-likeness (QED) is 0.498. The second-order valence-corrected chi connectivity index (χ2v) is 10.2. The molecule has 34 heavy (non-hydrogen) atoms. The standard InChI is InChI=1S/C25H23ClN2O5S/c1-17-13-18-7-3-5-12-23(18)28(17)34(31,32)21-10-6-9-19(14-21)25(30)33-16-24(29)27-15-20-8-2-4-11-22(20)26/h2-12,14,17H,13,15-16H2,1H3,(H,27,29)/t17-/m0/s1. The first-order valence-corrected chi connectivity index (χ1v) is 12.5. The van der Waals surface area contributed by atoms with Crippen LogP contribution in [0.25, 0.3) is 0 Å². The van der Waals surface area contributed by atoms with E-state index in [1.807, 2.05) is 19.1 Å². The van der Waals surface area contributed by atoms with Gasteiger partial charge in [0.15, 0.2) is 6.61 Å². The van der Waals surface area contributed by atoms with E-state index in [4.69, 9.17) is 16.3 Å². The number of halogens is 1. The molecule has 0 radical (unpaired) electrons. The second-order valence-electron chi connectivity index (χ2n) is 7.95. The molecule has 0 bridgehead atoms. The Labute approximate surface area is 203 Å². The van der Waals surface area contributed by atoms with Crippen LogP contribution in [-0.4, -0.2) is 32.9 Å². The first-order chi connectivity index (χ1) is 16.3. The predicted octanol–water partition coefficient (Wildman–Crippen LogP) is 3.95. The van der Waals surface area contributed by atoms with Crippen molar-refractivity contribution in [2.45, 2.75) is 30.8 Å². The van der Waals surface area contributed by atoms with Crippen LogP contribution in [0.5, 0.6) is 0 Å². The van der Waals surface area contributed by atoms with Crippen molar-refractivity contribution in [3.05, 3.63) is 94.5 Å². The monoisotopic (exact) mass is 498 g/mol. The van der Waals surface area contributed by atoms with Crippen molar-refractivity contribution in [1.82, 2.24) is 5.32 Å². The first-order valence-electron chi connectivity index (χ1n) is 10.7. The van der Waals surface area contributed by atoms with Crippen LogP contribution < -0.4 is 9.62 Å². The van der Waals surface area contributed by atoms with Crippen LogP contribution in [0.15, 0.2) is 77.7 Å². The van der Waals surface area contributed by atoms with Gasteiger partial charge < -0.3 is 10.1 Å². The topological polar surface area (TPSA) is 92.8 Å². The SMILES string of the molecule is C[C@H]1Cc2ccccc2N1S(=O)(=O)c1cccc(C(=O)OCC(=O)NCc2ccccc2Cl)c1. The van der Waals surface area contributed by atoms with Gasteiger partial charge in [-0.3, -0.25) is 9.10 Å². The number of para-hydroxylation sites is 1. The summed E-state index contributed by atoms with van der Waals surface area (Å²) in [6, 6.07) is 19.8. The molecule has 0 spiro atoms. The molecule has 1 N–H and O–H groups in total. The molecule has 3 aromatic carbocycles. The number of amides is 1. The van der Waals surface area contributed by atoms with Gasteiger partial charge >= 0.3 is 5.97 Å². The summed E-state index contributed by atoms with van der Waals surface area (Å²) in [5.41, 5.74) is 2.37. The van der Waals surface area contributed by atoms with Gasteiger partial charge in [-0.25, -0.2) is 13.2 Å². The summed E-state index contributed by atoms with van der Waals surface area (Å²) in [4.78, 5) is 24.6. The minimum atomic E-state index is -3.90. The Balaban J connectivity index is 1.42. The second kappa shape index (κ2) is 9.87. The number of hydrogen-bond donors (Lipinski definition) is 1. The highest BCUT2D eigenvalue weighted by Gasteiger charge is 2.36. The molecule has 3 aromatic rings. The summed E-state index contributed by atoms with van der Waals surface area (Å²) in [5.74, 6) is -1.29. The van der Waals surface area contributed by atoms with E-state index < -0.39 is 28.5 Å². The van der Waals surface area contributed by atoms with Crippen molar-refractivity contribution >= 4 is 39.2 Å². The Morgan fingerprint density at radius 2 is 1.79 bits per heavy atom. The number of rotatable bonds is 7. The van der Waals surface area contributed by atoms with Gasteiger partial charge in [0.05, 0.1) is 16.1 Å². The minimum Gasteiger partial charge on any atom is -0.452 e. The lowest BCUT2D eigenvalue weighted by Crippen LogP contribution is -2.35. The molecule has 4 rings (SSSR count). The van der Waals surface area contributed by atoms with Gasteiger partial charge in [0.1, 0.15) is 0 Å². The van der Waals surface area contributed by atoms with Crippen LogP contribution in [0.1, 0.15) is 28.4 Å². The van der Waals surface area contributed by atoms with Crippen LogP contribution >= 0.6 is 11.6 Å². The average Bonchev–Trinajstić information content (AvgIpc) is 3.18. The number of carbonyl (C=O) groups excluding carboxylic acids is 2. The fraction of sp³-hybridized carbons (Fsp3) is 0.200. The summed E-state index contributed by atoms with van der Waals surface area (Å²) >= 11 is 6.06. The lowest BCUT2D eigenvalue weighted by Gasteiger charge is -2.24. The molecule has 0 saturated carbocycles. The molecule has 176 valence electrons. The predicted molar refractivity (Wildman–Crippen MR) is 129 cm³/mol. The van der Waals surface area contributed by atoms with E-state index in [0.29, 0.717) is 17.1 Å². The third-order valence-electron chi connectivity index (χ3n) is 5.54. The Kier molecular flexibility index (Phi) is 6.90. The van der Waals surface area contributed by atoms with E-state index in [1.165, 1.54) is 28.6 Å². The Bertz CT molecular complexity index is 1340. The van der Waals surface area contributed by atoms with Crippen LogP contribution in [-0.2, 0) is 32.5 Å². The number of anilines is 1. The molecular formula is C25H23ClN2O5S. The van der Waals surface area contributed by atoms with Gasteiger partial charge in [-0.15, -0.1) is 0 Å². The van der Waals surface area contributed by atoms with Crippen LogP contribution in [0, 0.1) is 0 Å². The molecule has 1 amide bonds. The number of fused-ring (bicyclic) bond motifs is 1. The summed E-state index contributed by atoms with van der Waals surface area (Å²) in [7, 11) is -3.90. The minimum absolute atomic E-state index is 0.0197. The number of esters is 1. The Hall–Kier alpha value is -3.36. The van der Waals surface area contributed by atoms with Crippen LogP contribution in [0.4, 0.5) is 5.69 Å². The smallest absolute Gasteiger partial charge is 0.338 e. The summed E-state index contributed by atoms with van der Waals surface area (Å²) < 4.78 is 33.3. The number of benzene rings is 3. The van der Waals surface area contributed by atoms with Gasteiger partial charge in [-0.1, -0.05) is 54.1 Å². The zero-order valence-corrected chi connectivity index (χ0v) is 20.0. The van der Waals surface area contributed by atoms with E-state index in [2.05, 4.69) is 5.32 Å². The van der Waals surface area contributed by atoms with Crippen LogP contribution in [0.2, 0.25) is 5.02 Å². The molecule has 1 aliphatic heterocycles. The van der Waals surface area contributed by atoms with Gasteiger partial charge in [0.2, 0.25) is 0 Å². The van der Waals surface area contributed by atoms with Crippen molar-refractivity contribution in [3.8, 4) is 0 Å². The number of sulfonamides is 1. The summed E-state index contributed by atoms with van der Waals surface area (Å²) in [6.45, 7) is 1.53. The molecule has 0 aliphatic carbocycles. The maximum atomic E-state index is 13.4. The molecule has 1 heterocycles. The highest BCUT2D eigenvalue weighted by Crippen LogP contribution is 2.36. The van der Waals surface area contributed by atoms with Crippen molar-refractivity contribution in [1.29, 1.82) is 0 Å². The highest BCUT2D eigenvalue weighted by atomic mass is 35.5. The Morgan fingerprint density at radius 1 is 1.06 bits per heavy atom. The normalized spacial score (nSPS) is 15.0. The molecule has 1 atom stereocenters. The molecule has 0 fully saturated rings. The number of hydrogen-bond acceptors (Lipinski definition) is 5. The number of nitrogens with one attached hydrogen (secondary N) is 1. The van der Waals surface area contributed by atoms with Gasteiger partial charge in [0, 0.05) is 17.6 Å². The van der Waals surface area contributed by atoms with Crippen molar-refractivity contribution in [3.63, 3.8) is 0 Å². The lowest BCUT2D eigenvalue weighted by atomic mass is 10.1. The summed E-state index contributed by atoms with van der Waals surface area (Å²) in [6.07, 6.45) is 0.612. The van der Waals surface area contributed by atoms with Crippen LogP contribution in [0.3, 0.4) is 0 Å². The van der Waals surface area contributed by atoms with E-state index in [0.717, 1.165) is 11.1 Å². The maximum absolute atomic E-state index is 13.4. The fourth-order valence-electron chi connectivity index (χ4n) is 3.90. The third-order valence-corrected chi connectivity index (χ3v) is 7.83. The van der Waals surface area contributed by atoms with Gasteiger partial charge in [0.25, 0.3) is 15.9 Å². The van der Waals surface area contributed by atoms with E-state index >= 15 is 0 Å². The molecule has 0 aromatic heterocycles. The maximum Gasteiger partial charge on any atom is 0.338 e. The van der Waals surface area contributed by atoms with E-state index in [-0.39, 0.29) is 23.0 Å². The summed E-state index contributed by atoms with van der Waals surface area (Å²) in [5, 5.41) is 3.15. The largest absolute Gasteiger partial charge is 0.452 e. The average molecular weight is 499 g/mol. The van der Waals surface area contributed by atoms with Crippen molar-refractivity contribution < 1.29 is 22.7 Å². The Morgan fingerprint density at radius 3 is 2.59 bits per heavy atom. The first kappa shape index (κ1) is 23.8. The number of carbonyl (C=O) groups is 2. The molecule has 7 nitrogen and oxygen atoms in total. The van der Waals surface area contributed by atoms with Gasteiger partial charge in [-0.05, 0) is 54.8 Å². The highest BCUT2D eigenvalue weighted by molar-refractivity contribution is 7.92. The number of ether oxygens (including phenoxy) is 1. The van der Waals surface area contributed by atoms with Crippen molar-refractivity contribution in [2.24, 2.45) is 0 Å².